The van der Waals surface area contributed by atoms with E-state index < -0.39 is 0 Å². The fraction of sp³-hybridized carbons (Fsp3) is 0.212. The van der Waals surface area contributed by atoms with Gasteiger partial charge in [-0.05, 0) is 146 Å². The number of nitrogens with zero attached hydrogens (tertiary/aromatic N) is 1. The summed E-state index contributed by atoms with van der Waals surface area (Å²) in [7, 11) is 0.833. The van der Waals surface area contributed by atoms with Gasteiger partial charge in [-0.2, -0.15) is 0 Å². The van der Waals surface area contributed by atoms with Crippen molar-refractivity contribution in [2.45, 2.75) is 90.4 Å². The molecule has 13 rings (SSSR count). The van der Waals surface area contributed by atoms with Crippen molar-refractivity contribution in [3.8, 4) is 16.8 Å². The molecule has 0 saturated heterocycles. The van der Waals surface area contributed by atoms with Gasteiger partial charge in [-0.3, -0.25) is 0 Å². The fourth-order valence-corrected chi connectivity index (χ4v) is 13.6. The minimum Gasteiger partial charge on any atom is -0.355 e. The molecule has 0 bridgehead atoms. The highest BCUT2D eigenvalue weighted by Crippen LogP contribution is 2.52. The predicted octanol–water partition coefficient (Wildman–Crippen LogP) is 16.6. The van der Waals surface area contributed by atoms with Crippen LogP contribution in [0.25, 0.3) is 69.6 Å². The van der Waals surface area contributed by atoms with Gasteiger partial charge in [0.15, 0.2) is 7.28 Å². The van der Waals surface area contributed by atoms with Gasteiger partial charge in [-0.25, -0.2) is 0 Å². The summed E-state index contributed by atoms with van der Waals surface area (Å²) >= 11 is 1.97. The molecule has 11 aromatic rings. The maximum Gasteiger partial charge on any atom is 0.198 e. The van der Waals surface area contributed by atoms with Gasteiger partial charge in [-0.15, -0.1) is 11.3 Å². The van der Waals surface area contributed by atoms with Crippen LogP contribution in [-0.4, -0.2) is 11.8 Å². The third-order valence-corrected chi connectivity index (χ3v) is 17.5. The molecule has 4 heteroatoms. The van der Waals surface area contributed by atoms with Crippen molar-refractivity contribution in [1.29, 1.82) is 0 Å². The lowest BCUT2D eigenvalue weighted by atomic mass is 9.58. The van der Waals surface area contributed by atoms with E-state index in [-0.39, 0.29) is 22.2 Å². The highest BCUT2D eigenvalue weighted by Gasteiger charge is 2.38. The average Bonchev–Trinajstić information content (AvgIpc) is 3.90. The highest BCUT2D eigenvalue weighted by atomic mass is 32.1. The molecule has 0 fully saturated rings. The van der Waals surface area contributed by atoms with Crippen molar-refractivity contribution in [1.82, 2.24) is 4.57 Å². The lowest BCUT2D eigenvalue weighted by molar-refractivity contribution is 0.332. The Morgan fingerprint density at radius 3 is 1.94 bits per heavy atom. The molecule has 0 radical (unpaired) electrons. The van der Waals surface area contributed by atoms with Crippen molar-refractivity contribution in [3.05, 3.63) is 209 Å². The van der Waals surface area contributed by atoms with Crippen LogP contribution in [-0.2, 0) is 16.2 Å². The molecule has 0 saturated carbocycles. The maximum absolute atomic E-state index is 4.11. The van der Waals surface area contributed by atoms with E-state index in [0.717, 1.165) is 18.7 Å². The number of benzene rings is 9. The van der Waals surface area contributed by atoms with E-state index in [1.165, 1.54) is 132 Å². The Morgan fingerprint density at radius 1 is 0.600 bits per heavy atom. The summed E-state index contributed by atoms with van der Waals surface area (Å²) in [4.78, 5) is 0. The monoisotopic (exact) mass is 922 g/mol. The number of thiophene rings is 1. The van der Waals surface area contributed by atoms with Gasteiger partial charge < -0.3 is 9.88 Å². The number of nitrogens with one attached hydrogen (secondary N) is 1. The third kappa shape index (κ3) is 6.74. The summed E-state index contributed by atoms with van der Waals surface area (Å²) in [5.74, 6) is -0.0277. The molecule has 2 nitrogen and oxygen atoms in total. The Kier molecular flexibility index (Phi) is 9.60. The number of anilines is 2. The van der Waals surface area contributed by atoms with Crippen LogP contribution in [0.3, 0.4) is 0 Å². The first kappa shape index (κ1) is 43.2. The minimum atomic E-state index is -0.0277. The molecule has 0 atom stereocenters. The second-order valence-electron chi connectivity index (χ2n) is 22.9. The van der Waals surface area contributed by atoms with Crippen LogP contribution in [0.2, 0.25) is 0 Å². The van der Waals surface area contributed by atoms with Crippen LogP contribution in [0, 0.1) is 6.92 Å². The second-order valence-corrected chi connectivity index (χ2v) is 24.0. The molecule has 2 aliphatic rings. The Hall–Kier alpha value is -6.88. The quantitative estimate of drug-likeness (QED) is 0.130. The summed E-state index contributed by atoms with van der Waals surface area (Å²) in [6.07, 6.45) is 2.39. The van der Waals surface area contributed by atoms with E-state index in [1.807, 2.05) is 11.3 Å². The Balaban J connectivity index is 1.18. The molecule has 3 heterocycles. The normalized spacial score (nSPS) is 14.9. The number of aromatic nitrogens is 1. The Labute approximate surface area is 417 Å². The molecule has 9 aromatic carbocycles. The van der Waals surface area contributed by atoms with Crippen LogP contribution in [0.1, 0.15) is 106 Å². The van der Waals surface area contributed by atoms with Crippen molar-refractivity contribution < 1.29 is 0 Å². The largest absolute Gasteiger partial charge is 0.355 e. The summed E-state index contributed by atoms with van der Waals surface area (Å²) in [6.45, 7) is 18.9. The number of aryl methyl sites for hydroxylation is 1. The first-order chi connectivity index (χ1) is 33.7. The number of fused-ring (bicyclic) bond motifs is 11. The summed E-state index contributed by atoms with van der Waals surface area (Å²) in [6, 6.07) is 65.3. The molecular formula is C66H59BN2S. The molecule has 0 amide bonds. The molecule has 342 valence electrons. The number of hydrogen-bond acceptors (Lipinski definition) is 2. The van der Waals surface area contributed by atoms with E-state index in [0.29, 0.717) is 0 Å². The van der Waals surface area contributed by atoms with Crippen LogP contribution in [0.5, 0.6) is 0 Å². The van der Waals surface area contributed by atoms with E-state index >= 15 is 0 Å². The first-order valence-corrected chi connectivity index (χ1v) is 26.2. The number of hydrogen-bond donors (Lipinski definition) is 1. The van der Waals surface area contributed by atoms with Gasteiger partial charge in [0.1, 0.15) is 0 Å². The molecule has 1 aliphatic carbocycles. The van der Waals surface area contributed by atoms with E-state index in [2.05, 4.69) is 235 Å². The predicted molar refractivity (Wildman–Crippen MR) is 305 cm³/mol. The van der Waals surface area contributed by atoms with E-state index in [9.17, 15) is 0 Å². The van der Waals surface area contributed by atoms with E-state index in [1.54, 1.807) is 0 Å². The molecule has 2 aromatic heterocycles. The molecule has 0 spiro atoms. The molecule has 0 unspecified atom stereocenters. The highest BCUT2D eigenvalue weighted by molar-refractivity contribution is 7.25. The zero-order valence-corrected chi connectivity index (χ0v) is 42.5. The van der Waals surface area contributed by atoms with Crippen LogP contribution < -0.4 is 16.2 Å². The molecule has 70 heavy (non-hydrogen) atoms. The van der Waals surface area contributed by atoms with Crippen molar-refractivity contribution >= 4 is 93.7 Å². The summed E-state index contributed by atoms with van der Waals surface area (Å²) < 4.78 is 5.33. The first-order valence-electron chi connectivity index (χ1n) is 25.4. The van der Waals surface area contributed by atoms with E-state index in [4.69, 9.17) is 0 Å². The SMILES string of the molecule is Cc1ccc2c(c1)Bc1c(-c3cc4sc5cc6c(cc5c4cc3Nc3ccc(C(C)(C)C)cc3)C(C)(C)CCC6(C)C)cc(C(c3ccccc3)c3ccccc3)c3c4c5ccccc5ccc4n-2c13. The van der Waals surface area contributed by atoms with Gasteiger partial charge in [0, 0.05) is 65.0 Å². The van der Waals surface area contributed by atoms with Crippen LogP contribution in [0.15, 0.2) is 170 Å². The Bertz CT molecular complexity index is 3880. The van der Waals surface area contributed by atoms with Gasteiger partial charge >= 0.3 is 0 Å². The smallest absolute Gasteiger partial charge is 0.198 e. The average molecular weight is 923 g/mol. The second kappa shape index (κ2) is 15.6. The van der Waals surface area contributed by atoms with Gasteiger partial charge in [0.2, 0.25) is 0 Å². The fourth-order valence-electron chi connectivity index (χ4n) is 12.5. The summed E-state index contributed by atoms with van der Waals surface area (Å²) in [5.41, 5.74) is 21.2. The maximum atomic E-state index is 4.11. The lowest BCUT2D eigenvalue weighted by Gasteiger charge is -2.41. The molecule has 1 aliphatic heterocycles. The van der Waals surface area contributed by atoms with Gasteiger partial charge in [0.05, 0.1) is 5.52 Å². The third-order valence-electron chi connectivity index (χ3n) is 16.4. The van der Waals surface area contributed by atoms with Gasteiger partial charge in [0.25, 0.3) is 0 Å². The zero-order chi connectivity index (χ0) is 47.8. The molecular weight excluding hydrogens is 864 g/mol. The van der Waals surface area contributed by atoms with Crippen LogP contribution >= 0.6 is 11.3 Å². The van der Waals surface area contributed by atoms with Crippen molar-refractivity contribution in [3.63, 3.8) is 0 Å². The molecule has 1 N–H and O–H groups in total. The zero-order valence-electron chi connectivity index (χ0n) is 41.7. The summed E-state index contributed by atoms with van der Waals surface area (Å²) in [5, 5.41) is 12.0. The minimum absolute atomic E-state index is 0.0277. The number of rotatable bonds is 6. The Morgan fingerprint density at radius 2 is 1.24 bits per heavy atom. The lowest BCUT2D eigenvalue weighted by Crippen LogP contribution is -2.37. The van der Waals surface area contributed by atoms with Crippen LogP contribution in [0.4, 0.5) is 11.4 Å². The van der Waals surface area contributed by atoms with Crippen molar-refractivity contribution in [2.24, 2.45) is 0 Å². The topological polar surface area (TPSA) is 17.0 Å². The van der Waals surface area contributed by atoms with Gasteiger partial charge in [-0.1, -0.05) is 175 Å². The van der Waals surface area contributed by atoms with Crippen molar-refractivity contribution in [2.75, 3.05) is 5.32 Å². The standard InChI is InChI=1S/C66H59BN2S/c1-39-23-29-55-53(33-39)67-62-49(34-50(59(41-18-11-9-12-19-41)42-20-13-10-14-21-42)61-60-45-22-16-15-17-40(45)24-30-56(60)69(55)63(61)62)46-37-57-48(36-54(46)68-44-27-25-43(26-28-44)64(2,3)4)47-35-51-52(38-58(47)70-57)66(7,8)32-31-65(51,5)6/h9-30,33-38,59,67-68H,31-32H2,1-8H3.